The van der Waals surface area contributed by atoms with Crippen LogP contribution in [0.3, 0.4) is 0 Å². The van der Waals surface area contributed by atoms with E-state index in [1.54, 1.807) is 25.3 Å². The van der Waals surface area contributed by atoms with Crippen LogP contribution >= 0.6 is 11.6 Å². The lowest BCUT2D eigenvalue weighted by atomic mass is 10.1. The summed E-state index contributed by atoms with van der Waals surface area (Å²) in [6.45, 7) is -0.0372. The summed E-state index contributed by atoms with van der Waals surface area (Å²) in [6.07, 6.45) is 0. The van der Waals surface area contributed by atoms with Crippen molar-refractivity contribution in [2.45, 2.75) is 6.61 Å². The Hall–Kier alpha value is -2.99. The molecule has 0 fully saturated rings. The highest BCUT2D eigenvalue weighted by Gasteiger charge is 2.12. The quantitative estimate of drug-likeness (QED) is 0.549. The average Bonchev–Trinajstić information content (AvgIpc) is 3.11. The van der Waals surface area contributed by atoms with Crippen molar-refractivity contribution in [3.63, 3.8) is 0 Å². The summed E-state index contributed by atoms with van der Waals surface area (Å²) in [4.78, 5) is 12.0. The Bertz CT molecular complexity index is 890. The van der Waals surface area contributed by atoms with Crippen LogP contribution in [0, 0.1) is 0 Å². The number of carbonyl (C=O) groups is 1. The van der Waals surface area contributed by atoms with Gasteiger partial charge in [-0.25, -0.2) is 4.79 Å². The zero-order chi connectivity index (χ0) is 17.8. The molecule has 0 aliphatic heterocycles. The molecule has 7 heteroatoms. The van der Waals surface area contributed by atoms with Gasteiger partial charge in [0.2, 0.25) is 0 Å². The number of methoxy groups -OCH3 is 1. The molecule has 0 unspecified atom stereocenters. The van der Waals surface area contributed by atoms with Crippen LogP contribution in [0.5, 0.6) is 5.75 Å². The Morgan fingerprint density at radius 3 is 2.64 bits per heavy atom. The molecule has 2 N–H and O–H groups in total. The van der Waals surface area contributed by atoms with Crippen LogP contribution < -0.4 is 10.5 Å². The Kier molecular flexibility index (Phi) is 4.90. The first-order valence-corrected chi connectivity index (χ1v) is 7.77. The zero-order valence-corrected chi connectivity index (χ0v) is 14.1. The van der Waals surface area contributed by atoms with Gasteiger partial charge in [-0.3, -0.25) is 0 Å². The van der Waals surface area contributed by atoms with Crippen LogP contribution in [-0.4, -0.2) is 18.2 Å². The highest BCUT2D eigenvalue weighted by molar-refractivity contribution is 6.33. The van der Waals surface area contributed by atoms with Crippen LogP contribution in [0.15, 0.2) is 53.1 Å². The van der Waals surface area contributed by atoms with Gasteiger partial charge < -0.3 is 19.7 Å². The summed E-state index contributed by atoms with van der Waals surface area (Å²) >= 11 is 5.83. The van der Waals surface area contributed by atoms with Crippen LogP contribution in [0.1, 0.15) is 16.1 Å². The highest BCUT2D eigenvalue weighted by Crippen LogP contribution is 2.23. The number of carbonyl (C=O) groups excluding carboxylic acids is 1. The number of halogens is 1. The number of anilines is 1. The van der Waals surface area contributed by atoms with E-state index in [4.69, 9.17) is 31.3 Å². The molecule has 0 aliphatic rings. The maximum atomic E-state index is 12.0. The zero-order valence-electron chi connectivity index (χ0n) is 13.4. The Morgan fingerprint density at radius 1 is 1.20 bits per heavy atom. The Morgan fingerprint density at radius 2 is 1.96 bits per heavy atom. The maximum Gasteiger partial charge on any atom is 0.338 e. The van der Waals surface area contributed by atoms with Gasteiger partial charge in [-0.05, 0) is 42.5 Å². The molecule has 0 bridgehead atoms. The Labute approximate surface area is 149 Å². The molecule has 128 valence electrons. The van der Waals surface area contributed by atoms with Gasteiger partial charge in [-0.15, -0.1) is 0 Å². The molecule has 0 saturated carbocycles. The third-order valence-electron chi connectivity index (χ3n) is 3.52. The molecule has 0 saturated heterocycles. The molecule has 2 aromatic carbocycles. The first kappa shape index (κ1) is 16.9. The number of esters is 1. The summed E-state index contributed by atoms with van der Waals surface area (Å²) in [5.74, 6) is 0.663. The molecular weight excluding hydrogens is 344 g/mol. The molecular formula is C18H15ClN2O4. The van der Waals surface area contributed by atoms with Crippen molar-refractivity contribution in [3.05, 3.63) is 64.9 Å². The standard InChI is InChI=1S/C18H15ClN2O4/c1-23-13-5-2-11(3-6-13)17-9-14(25-21-17)10-24-18(22)12-4-7-15(19)16(20)8-12/h2-9H,10,20H2,1H3. The van der Waals surface area contributed by atoms with E-state index >= 15 is 0 Å². The minimum Gasteiger partial charge on any atom is -0.497 e. The van der Waals surface area contributed by atoms with Crippen molar-refractivity contribution in [2.24, 2.45) is 0 Å². The van der Waals surface area contributed by atoms with E-state index in [1.807, 2.05) is 24.3 Å². The molecule has 3 aromatic rings. The third kappa shape index (κ3) is 3.92. The van der Waals surface area contributed by atoms with Crippen molar-refractivity contribution in [3.8, 4) is 17.0 Å². The molecule has 25 heavy (non-hydrogen) atoms. The fourth-order valence-corrected chi connectivity index (χ4v) is 2.29. The number of aromatic nitrogens is 1. The minimum atomic E-state index is -0.522. The predicted molar refractivity (Wildman–Crippen MR) is 93.5 cm³/mol. The summed E-state index contributed by atoms with van der Waals surface area (Å²) in [5.41, 5.74) is 7.82. The summed E-state index contributed by atoms with van der Waals surface area (Å²) < 4.78 is 15.5. The van der Waals surface area contributed by atoms with E-state index in [0.29, 0.717) is 27.7 Å². The largest absolute Gasteiger partial charge is 0.497 e. The van der Waals surface area contributed by atoms with Crippen molar-refractivity contribution in [1.82, 2.24) is 5.16 Å². The lowest BCUT2D eigenvalue weighted by Gasteiger charge is -2.04. The van der Waals surface area contributed by atoms with Gasteiger partial charge in [0.25, 0.3) is 0 Å². The van der Waals surface area contributed by atoms with Crippen molar-refractivity contribution in [2.75, 3.05) is 12.8 Å². The first-order valence-electron chi connectivity index (χ1n) is 7.39. The molecule has 0 amide bonds. The second-order valence-corrected chi connectivity index (χ2v) is 5.63. The molecule has 6 nitrogen and oxygen atoms in total. The summed E-state index contributed by atoms with van der Waals surface area (Å²) in [5, 5.41) is 4.36. The second kappa shape index (κ2) is 7.27. The number of hydrogen-bond donors (Lipinski definition) is 1. The number of benzene rings is 2. The van der Waals surface area contributed by atoms with E-state index < -0.39 is 5.97 Å². The fourth-order valence-electron chi connectivity index (χ4n) is 2.17. The second-order valence-electron chi connectivity index (χ2n) is 5.22. The van der Waals surface area contributed by atoms with Crippen molar-refractivity contribution < 1.29 is 18.8 Å². The third-order valence-corrected chi connectivity index (χ3v) is 3.87. The molecule has 1 aromatic heterocycles. The van der Waals surface area contributed by atoms with Crippen LogP contribution in [0.4, 0.5) is 5.69 Å². The van der Waals surface area contributed by atoms with E-state index in [9.17, 15) is 4.79 Å². The molecule has 0 atom stereocenters. The molecule has 0 aliphatic carbocycles. The van der Waals surface area contributed by atoms with Crippen LogP contribution in [0.2, 0.25) is 5.02 Å². The predicted octanol–water partition coefficient (Wildman–Crippen LogP) is 3.94. The topological polar surface area (TPSA) is 87.6 Å². The van der Waals surface area contributed by atoms with Gasteiger partial charge >= 0.3 is 5.97 Å². The van der Waals surface area contributed by atoms with Gasteiger partial charge in [0, 0.05) is 11.6 Å². The average molecular weight is 359 g/mol. The van der Waals surface area contributed by atoms with E-state index in [2.05, 4.69) is 5.16 Å². The smallest absolute Gasteiger partial charge is 0.338 e. The maximum absolute atomic E-state index is 12.0. The van der Waals surface area contributed by atoms with Gasteiger partial charge in [0.1, 0.15) is 11.4 Å². The first-order chi connectivity index (χ1) is 12.1. The lowest BCUT2D eigenvalue weighted by Crippen LogP contribution is -2.05. The molecule has 1 heterocycles. The SMILES string of the molecule is COc1ccc(-c2cc(COC(=O)c3ccc(Cl)c(N)c3)on2)cc1. The van der Waals surface area contributed by atoms with E-state index in [0.717, 1.165) is 11.3 Å². The highest BCUT2D eigenvalue weighted by atomic mass is 35.5. The number of ether oxygens (including phenoxy) is 2. The van der Waals surface area contributed by atoms with E-state index in [-0.39, 0.29) is 6.61 Å². The van der Waals surface area contributed by atoms with Gasteiger partial charge in [0.15, 0.2) is 12.4 Å². The normalized spacial score (nSPS) is 10.5. The molecule has 3 rings (SSSR count). The summed E-state index contributed by atoms with van der Waals surface area (Å²) in [6, 6.07) is 13.7. The Balaban J connectivity index is 1.64. The number of nitrogens with two attached hydrogens (primary N) is 1. The van der Waals surface area contributed by atoms with Crippen LogP contribution in [-0.2, 0) is 11.3 Å². The number of nitrogen functional groups attached to an aromatic ring is 1. The fraction of sp³-hybridized carbons (Fsp3) is 0.111. The van der Waals surface area contributed by atoms with Gasteiger partial charge in [-0.2, -0.15) is 0 Å². The van der Waals surface area contributed by atoms with Gasteiger partial charge in [0.05, 0.1) is 23.4 Å². The lowest BCUT2D eigenvalue weighted by molar-refractivity contribution is 0.0437. The monoisotopic (exact) mass is 358 g/mol. The van der Waals surface area contributed by atoms with Crippen molar-refractivity contribution >= 4 is 23.3 Å². The van der Waals surface area contributed by atoms with Gasteiger partial charge in [-0.1, -0.05) is 16.8 Å². The molecule has 0 spiro atoms. The van der Waals surface area contributed by atoms with Crippen LogP contribution in [0.25, 0.3) is 11.3 Å². The summed E-state index contributed by atoms with van der Waals surface area (Å²) in [7, 11) is 1.60. The minimum absolute atomic E-state index is 0.0372. The number of hydrogen-bond acceptors (Lipinski definition) is 6. The molecule has 0 radical (unpaired) electrons. The number of rotatable bonds is 5. The van der Waals surface area contributed by atoms with E-state index in [1.165, 1.54) is 6.07 Å². The van der Waals surface area contributed by atoms with Crippen molar-refractivity contribution in [1.29, 1.82) is 0 Å². The number of nitrogens with zero attached hydrogens (tertiary/aromatic N) is 1.